The van der Waals surface area contributed by atoms with E-state index >= 15 is 0 Å². The third-order valence-electron chi connectivity index (χ3n) is 5.67. The van der Waals surface area contributed by atoms with Crippen LogP contribution in [-0.4, -0.2) is 46.3 Å². The number of halogens is 1. The number of nitriles is 1. The Hall–Kier alpha value is -3.34. The molecule has 0 fully saturated rings. The van der Waals surface area contributed by atoms with Crippen LogP contribution in [0.25, 0.3) is 11.3 Å². The lowest BCUT2D eigenvalue weighted by Crippen LogP contribution is -2.41. The van der Waals surface area contributed by atoms with E-state index in [-0.39, 0.29) is 18.6 Å². The number of hydrogen-bond acceptors (Lipinski definition) is 5. The molecule has 0 spiro atoms. The standard InChI is InChI=1S/C24H24ClN5O2/c1-15-12-29(13-17-6-4-16(11-26)5-7-17)24(32)22-10-20(27-30(15)22)23-18(14-31)8-19(25)9-21(23)28(2)3/h4-10,15,31H,12-14H2,1-3H3/t15-/m0/s1. The number of fused-ring (bicyclic) bond motifs is 1. The van der Waals surface area contributed by atoms with Gasteiger partial charge >= 0.3 is 0 Å². The minimum atomic E-state index is -0.187. The number of carbonyl (C=O) groups excluding carboxylic acids is 1. The number of aliphatic hydroxyl groups is 1. The number of aliphatic hydroxyl groups excluding tert-OH is 1. The molecule has 164 valence electrons. The minimum absolute atomic E-state index is 0.0116. The molecule has 1 aliphatic rings. The highest BCUT2D eigenvalue weighted by atomic mass is 35.5. The molecule has 0 bridgehead atoms. The maximum atomic E-state index is 13.3. The van der Waals surface area contributed by atoms with Crippen LogP contribution in [0.5, 0.6) is 0 Å². The van der Waals surface area contributed by atoms with Crippen molar-refractivity contribution >= 4 is 23.2 Å². The molecule has 3 aromatic rings. The van der Waals surface area contributed by atoms with Crippen molar-refractivity contribution in [3.63, 3.8) is 0 Å². The van der Waals surface area contributed by atoms with E-state index in [0.29, 0.717) is 40.6 Å². The van der Waals surface area contributed by atoms with E-state index in [0.717, 1.165) is 16.8 Å². The van der Waals surface area contributed by atoms with Gasteiger partial charge in [0.15, 0.2) is 0 Å². The summed E-state index contributed by atoms with van der Waals surface area (Å²) in [5.74, 6) is -0.0999. The van der Waals surface area contributed by atoms with Crippen LogP contribution >= 0.6 is 11.6 Å². The number of hydrogen-bond donors (Lipinski definition) is 1. The fourth-order valence-corrected chi connectivity index (χ4v) is 4.35. The quantitative estimate of drug-likeness (QED) is 0.639. The summed E-state index contributed by atoms with van der Waals surface area (Å²) in [7, 11) is 3.80. The molecule has 0 saturated carbocycles. The van der Waals surface area contributed by atoms with Crippen LogP contribution in [0, 0.1) is 11.3 Å². The monoisotopic (exact) mass is 449 g/mol. The molecule has 1 amide bonds. The van der Waals surface area contributed by atoms with Gasteiger partial charge in [-0.2, -0.15) is 10.4 Å². The minimum Gasteiger partial charge on any atom is -0.392 e. The van der Waals surface area contributed by atoms with Crippen LogP contribution in [0.15, 0.2) is 42.5 Å². The summed E-state index contributed by atoms with van der Waals surface area (Å²) in [6.45, 7) is 2.83. The topological polar surface area (TPSA) is 85.4 Å². The molecule has 0 saturated heterocycles. The summed E-state index contributed by atoms with van der Waals surface area (Å²) >= 11 is 6.25. The van der Waals surface area contributed by atoms with Crippen molar-refractivity contribution in [1.29, 1.82) is 5.26 Å². The fraction of sp³-hybridized carbons (Fsp3) is 0.292. The predicted octanol–water partition coefficient (Wildman–Crippen LogP) is 3.85. The van der Waals surface area contributed by atoms with Gasteiger partial charge in [0.2, 0.25) is 0 Å². The van der Waals surface area contributed by atoms with E-state index in [1.54, 1.807) is 33.8 Å². The Balaban J connectivity index is 1.71. The van der Waals surface area contributed by atoms with Crippen molar-refractivity contribution in [2.24, 2.45) is 0 Å². The molecule has 1 aliphatic heterocycles. The SMILES string of the molecule is C[C@H]1CN(Cc2ccc(C#N)cc2)C(=O)c2cc(-c3c(CO)cc(Cl)cc3N(C)C)nn21. The molecule has 1 aromatic heterocycles. The Bertz CT molecular complexity index is 1210. The third-order valence-corrected chi connectivity index (χ3v) is 5.89. The van der Waals surface area contributed by atoms with Gasteiger partial charge in [-0.3, -0.25) is 9.48 Å². The number of rotatable bonds is 5. The number of benzene rings is 2. The first-order chi connectivity index (χ1) is 15.3. The first-order valence-corrected chi connectivity index (χ1v) is 10.7. The second-order valence-corrected chi connectivity index (χ2v) is 8.65. The van der Waals surface area contributed by atoms with Crippen LogP contribution in [0.4, 0.5) is 5.69 Å². The molecule has 0 unspecified atom stereocenters. The molecule has 2 aromatic carbocycles. The molecule has 1 N–H and O–H groups in total. The number of carbonyl (C=O) groups is 1. The summed E-state index contributed by atoms with van der Waals surface area (Å²) in [5, 5.41) is 24.2. The molecule has 0 radical (unpaired) electrons. The summed E-state index contributed by atoms with van der Waals surface area (Å²) in [4.78, 5) is 17.0. The van der Waals surface area contributed by atoms with Gasteiger partial charge in [0.1, 0.15) is 5.69 Å². The first-order valence-electron chi connectivity index (χ1n) is 10.3. The first kappa shape index (κ1) is 21.9. The normalized spacial score (nSPS) is 15.4. The van der Waals surface area contributed by atoms with Gasteiger partial charge in [0.05, 0.1) is 30.0 Å². The Morgan fingerprint density at radius 1 is 1.25 bits per heavy atom. The van der Waals surface area contributed by atoms with Crippen molar-refractivity contribution < 1.29 is 9.90 Å². The van der Waals surface area contributed by atoms with Gasteiger partial charge in [-0.25, -0.2) is 0 Å². The van der Waals surface area contributed by atoms with Crippen molar-refractivity contribution in [3.8, 4) is 17.3 Å². The molecule has 2 heterocycles. The Kier molecular flexibility index (Phi) is 5.92. The largest absolute Gasteiger partial charge is 0.392 e. The lowest BCUT2D eigenvalue weighted by molar-refractivity contribution is 0.0651. The highest BCUT2D eigenvalue weighted by molar-refractivity contribution is 6.31. The maximum Gasteiger partial charge on any atom is 0.272 e. The number of aromatic nitrogens is 2. The summed E-state index contributed by atoms with van der Waals surface area (Å²) in [6, 6.07) is 14.7. The molecule has 1 atom stereocenters. The zero-order chi connectivity index (χ0) is 23.0. The average Bonchev–Trinajstić information content (AvgIpc) is 3.23. The molecule has 0 aliphatic carbocycles. The summed E-state index contributed by atoms with van der Waals surface area (Å²) < 4.78 is 1.77. The molecule has 4 rings (SSSR count). The van der Waals surface area contributed by atoms with Crippen LogP contribution in [-0.2, 0) is 13.2 Å². The van der Waals surface area contributed by atoms with E-state index in [4.69, 9.17) is 22.0 Å². The number of amides is 1. The molecule has 8 heteroatoms. The van der Waals surface area contributed by atoms with Gasteiger partial charge in [0.25, 0.3) is 5.91 Å². The molecular formula is C24H24ClN5O2. The smallest absolute Gasteiger partial charge is 0.272 e. The van der Waals surface area contributed by atoms with Gasteiger partial charge in [-0.05, 0) is 48.4 Å². The van der Waals surface area contributed by atoms with Crippen LogP contribution < -0.4 is 4.90 Å². The van der Waals surface area contributed by atoms with E-state index < -0.39 is 0 Å². The van der Waals surface area contributed by atoms with Crippen molar-refractivity contribution in [1.82, 2.24) is 14.7 Å². The lowest BCUT2D eigenvalue weighted by atomic mass is 10.0. The van der Waals surface area contributed by atoms with E-state index in [1.807, 2.05) is 44.1 Å². The van der Waals surface area contributed by atoms with E-state index in [9.17, 15) is 9.90 Å². The Morgan fingerprint density at radius 2 is 1.97 bits per heavy atom. The zero-order valence-corrected chi connectivity index (χ0v) is 19.0. The Morgan fingerprint density at radius 3 is 2.59 bits per heavy atom. The average molecular weight is 450 g/mol. The Labute approximate surface area is 192 Å². The summed E-state index contributed by atoms with van der Waals surface area (Å²) in [5.41, 5.74) is 4.95. The van der Waals surface area contributed by atoms with Gasteiger partial charge in [-0.1, -0.05) is 23.7 Å². The van der Waals surface area contributed by atoms with Crippen molar-refractivity contribution in [2.45, 2.75) is 26.1 Å². The van der Waals surface area contributed by atoms with Crippen LogP contribution in [0.1, 0.15) is 40.1 Å². The zero-order valence-electron chi connectivity index (χ0n) is 18.2. The predicted molar refractivity (Wildman–Crippen MR) is 124 cm³/mol. The third kappa shape index (κ3) is 3.95. The maximum absolute atomic E-state index is 13.3. The van der Waals surface area contributed by atoms with E-state index in [2.05, 4.69) is 6.07 Å². The highest BCUT2D eigenvalue weighted by Crippen LogP contribution is 2.37. The van der Waals surface area contributed by atoms with Crippen LogP contribution in [0.2, 0.25) is 5.02 Å². The van der Waals surface area contributed by atoms with E-state index in [1.165, 1.54) is 0 Å². The van der Waals surface area contributed by atoms with Crippen molar-refractivity contribution in [3.05, 3.63) is 69.9 Å². The van der Waals surface area contributed by atoms with Gasteiger partial charge in [-0.15, -0.1) is 0 Å². The number of anilines is 1. The van der Waals surface area contributed by atoms with Gasteiger partial charge < -0.3 is 14.9 Å². The summed E-state index contributed by atoms with van der Waals surface area (Å²) in [6.07, 6.45) is 0. The van der Waals surface area contributed by atoms with Crippen molar-refractivity contribution in [2.75, 3.05) is 25.5 Å². The second kappa shape index (κ2) is 8.65. The lowest BCUT2D eigenvalue weighted by Gasteiger charge is -2.31. The molecule has 32 heavy (non-hydrogen) atoms. The van der Waals surface area contributed by atoms with Gasteiger partial charge in [0, 0.05) is 43.5 Å². The second-order valence-electron chi connectivity index (χ2n) is 8.21. The molecular weight excluding hydrogens is 426 g/mol. The van der Waals surface area contributed by atoms with Crippen LogP contribution in [0.3, 0.4) is 0 Å². The fourth-order valence-electron chi connectivity index (χ4n) is 4.12. The highest BCUT2D eigenvalue weighted by Gasteiger charge is 2.32. The molecule has 7 nitrogen and oxygen atoms in total. The number of nitrogens with zero attached hydrogens (tertiary/aromatic N) is 5.